The lowest BCUT2D eigenvalue weighted by Crippen LogP contribution is -2.35. The summed E-state index contributed by atoms with van der Waals surface area (Å²) in [6.07, 6.45) is 0.708. The Morgan fingerprint density at radius 3 is 2.86 bits per heavy atom. The Kier molecular flexibility index (Phi) is 5.58. The van der Waals surface area contributed by atoms with Gasteiger partial charge in [0.1, 0.15) is 5.75 Å². The summed E-state index contributed by atoms with van der Waals surface area (Å²) >= 11 is 0. The van der Waals surface area contributed by atoms with E-state index in [0.29, 0.717) is 31.9 Å². The second-order valence-electron chi connectivity index (χ2n) is 4.94. The molecule has 0 aromatic heterocycles. The van der Waals surface area contributed by atoms with Gasteiger partial charge in [0.15, 0.2) is 0 Å². The van der Waals surface area contributed by atoms with E-state index in [1.165, 1.54) is 0 Å². The molecule has 0 bridgehead atoms. The van der Waals surface area contributed by atoms with Crippen molar-refractivity contribution in [3.05, 3.63) is 23.8 Å². The second-order valence-corrected chi connectivity index (χ2v) is 6.65. The predicted octanol–water partition coefficient (Wildman–Crippen LogP) is 0.872. The first-order valence-electron chi connectivity index (χ1n) is 7.04. The molecule has 1 aliphatic heterocycles. The molecule has 0 amide bonds. The van der Waals surface area contributed by atoms with Crippen molar-refractivity contribution >= 4 is 10.0 Å². The molecule has 0 spiro atoms. The average Bonchev–Trinajstić information content (AvgIpc) is 2.96. The molecule has 1 heterocycles. The van der Waals surface area contributed by atoms with Crippen LogP contribution in [0.3, 0.4) is 0 Å². The molecule has 2 rings (SSSR count). The molecule has 1 saturated heterocycles. The van der Waals surface area contributed by atoms with Crippen LogP contribution in [-0.4, -0.2) is 41.3 Å². The Bertz CT molecular complexity index is 568. The standard InChI is InChI=1S/C14H22N2O4S/c1-3-15-9-11-8-13(4-5-14(11)19-2)21(17,18)16-12-6-7-20-10-12/h4-5,8,12,15-16H,3,6-7,9-10H2,1-2H3. The Balaban J connectivity index is 2.21. The van der Waals surface area contributed by atoms with Gasteiger partial charge in [0.05, 0.1) is 18.6 Å². The molecular formula is C14H22N2O4S. The maximum atomic E-state index is 12.4. The zero-order valence-corrected chi connectivity index (χ0v) is 13.2. The highest BCUT2D eigenvalue weighted by Gasteiger charge is 2.24. The predicted molar refractivity (Wildman–Crippen MR) is 79.9 cm³/mol. The molecule has 1 aliphatic rings. The fourth-order valence-electron chi connectivity index (χ4n) is 2.23. The van der Waals surface area contributed by atoms with Crippen LogP contribution in [0.1, 0.15) is 18.9 Å². The third-order valence-corrected chi connectivity index (χ3v) is 4.90. The van der Waals surface area contributed by atoms with Gasteiger partial charge in [-0.05, 0) is 31.2 Å². The van der Waals surface area contributed by atoms with Crippen molar-refractivity contribution < 1.29 is 17.9 Å². The van der Waals surface area contributed by atoms with E-state index in [0.717, 1.165) is 12.1 Å². The highest BCUT2D eigenvalue weighted by Crippen LogP contribution is 2.23. The molecule has 6 nitrogen and oxygen atoms in total. The maximum absolute atomic E-state index is 12.4. The van der Waals surface area contributed by atoms with E-state index in [1.807, 2.05) is 6.92 Å². The third-order valence-electron chi connectivity index (χ3n) is 3.38. The lowest BCUT2D eigenvalue weighted by Gasteiger charge is -2.14. The molecule has 1 fully saturated rings. The van der Waals surface area contributed by atoms with Gasteiger partial charge in [0.25, 0.3) is 0 Å². The minimum absolute atomic E-state index is 0.144. The number of nitrogens with one attached hydrogen (secondary N) is 2. The molecule has 1 aromatic rings. The fourth-order valence-corrected chi connectivity index (χ4v) is 3.54. The van der Waals surface area contributed by atoms with E-state index in [4.69, 9.17) is 9.47 Å². The van der Waals surface area contributed by atoms with Crippen LogP contribution in [0.15, 0.2) is 23.1 Å². The highest BCUT2D eigenvalue weighted by atomic mass is 32.2. The number of hydrogen-bond acceptors (Lipinski definition) is 5. The summed E-state index contributed by atoms with van der Waals surface area (Å²) < 4.78 is 37.9. The van der Waals surface area contributed by atoms with Crippen LogP contribution in [0.2, 0.25) is 0 Å². The van der Waals surface area contributed by atoms with E-state index >= 15 is 0 Å². The quantitative estimate of drug-likeness (QED) is 0.781. The molecule has 118 valence electrons. The Morgan fingerprint density at radius 2 is 2.24 bits per heavy atom. The monoisotopic (exact) mass is 314 g/mol. The number of ether oxygens (including phenoxy) is 2. The van der Waals surface area contributed by atoms with E-state index in [1.54, 1.807) is 25.3 Å². The molecule has 1 aromatic carbocycles. The maximum Gasteiger partial charge on any atom is 0.240 e. The van der Waals surface area contributed by atoms with Crippen LogP contribution >= 0.6 is 0 Å². The van der Waals surface area contributed by atoms with Gasteiger partial charge in [-0.3, -0.25) is 0 Å². The van der Waals surface area contributed by atoms with Gasteiger partial charge in [-0.15, -0.1) is 0 Å². The van der Waals surface area contributed by atoms with Gasteiger partial charge in [-0.1, -0.05) is 6.92 Å². The van der Waals surface area contributed by atoms with E-state index in [-0.39, 0.29) is 10.9 Å². The van der Waals surface area contributed by atoms with Crippen LogP contribution in [-0.2, 0) is 21.3 Å². The number of benzene rings is 1. The Hall–Kier alpha value is -1.15. The molecule has 0 aliphatic carbocycles. The Morgan fingerprint density at radius 1 is 1.43 bits per heavy atom. The minimum Gasteiger partial charge on any atom is -0.496 e. The largest absolute Gasteiger partial charge is 0.496 e. The van der Waals surface area contributed by atoms with Crippen LogP contribution in [0.4, 0.5) is 0 Å². The SMILES string of the molecule is CCNCc1cc(S(=O)(=O)NC2CCOC2)ccc1OC. The second kappa shape index (κ2) is 7.22. The van der Waals surface area contributed by atoms with E-state index < -0.39 is 10.0 Å². The number of methoxy groups -OCH3 is 1. The Labute approximate surface area is 125 Å². The summed E-state index contributed by atoms with van der Waals surface area (Å²) in [5.74, 6) is 0.680. The van der Waals surface area contributed by atoms with Crippen molar-refractivity contribution in [2.75, 3.05) is 26.9 Å². The summed E-state index contributed by atoms with van der Waals surface area (Å²) in [5.41, 5.74) is 0.824. The normalized spacial score (nSPS) is 18.9. The van der Waals surface area contributed by atoms with Crippen molar-refractivity contribution in [3.8, 4) is 5.75 Å². The lowest BCUT2D eigenvalue weighted by atomic mass is 10.2. The first-order valence-corrected chi connectivity index (χ1v) is 8.53. The van der Waals surface area contributed by atoms with Crippen molar-refractivity contribution in [3.63, 3.8) is 0 Å². The molecule has 0 saturated carbocycles. The van der Waals surface area contributed by atoms with Crippen molar-refractivity contribution in [2.45, 2.75) is 30.8 Å². The first-order chi connectivity index (χ1) is 10.1. The van der Waals surface area contributed by atoms with Gasteiger partial charge in [-0.2, -0.15) is 0 Å². The third kappa shape index (κ3) is 4.16. The van der Waals surface area contributed by atoms with E-state index in [2.05, 4.69) is 10.0 Å². The van der Waals surface area contributed by atoms with Gasteiger partial charge >= 0.3 is 0 Å². The van der Waals surface area contributed by atoms with E-state index in [9.17, 15) is 8.42 Å². The first kappa shape index (κ1) is 16.2. The fraction of sp³-hybridized carbons (Fsp3) is 0.571. The number of rotatable bonds is 7. The van der Waals surface area contributed by atoms with Gasteiger partial charge in [-0.25, -0.2) is 13.1 Å². The summed E-state index contributed by atoms with van der Waals surface area (Å²) in [7, 11) is -1.95. The average molecular weight is 314 g/mol. The summed E-state index contributed by atoms with van der Waals surface area (Å²) in [4.78, 5) is 0.253. The molecule has 0 radical (unpaired) electrons. The summed E-state index contributed by atoms with van der Waals surface area (Å²) in [5, 5.41) is 3.18. The molecule has 1 unspecified atom stereocenters. The smallest absolute Gasteiger partial charge is 0.240 e. The van der Waals surface area contributed by atoms with Crippen LogP contribution in [0.5, 0.6) is 5.75 Å². The number of sulfonamides is 1. The summed E-state index contributed by atoms with van der Waals surface area (Å²) in [6, 6.07) is 4.76. The minimum atomic E-state index is -3.53. The van der Waals surface area contributed by atoms with Crippen molar-refractivity contribution in [1.82, 2.24) is 10.0 Å². The topological polar surface area (TPSA) is 76.7 Å². The van der Waals surface area contributed by atoms with Crippen molar-refractivity contribution in [1.29, 1.82) is 0 Å². The zero-order valence-electron chi connectivity index (χ0n) is 12.4. The van der Waals surface area contributed by atoms with Crippen molar-refractivity contribution in [2.24, 2.45) is 0 Å². The molecule has 2 N–H and O–H groups in total. The summed E-state index contributed by atoms with van der Waals surface area (Å²) in [6.45, 7) is 4.39. The molecular weight excluding hydrogens is 292 g/mol. The highest BCUT2D eigenvalue weighted by molar-refractivity contribution is 7.89. The number of hydrogen-bond donors (Lipinski definition) is 2. The molecule has 21 heavy (non-hydrogen) atoms. The molecule has 7 heteroatoms. The van der Waals surface area contributed by atoms with Gasteiger partial charge in [0, 0.05) is 24.8 Å². The van der Waals surface area contributed by atoms with Gasteiger partial charge < -0.3 is 14.8 Å². The van der Waals surface area contributed by atoms with Crippen LogP contribution in [0, 0.1) is 0 Å². The molecule has 1 atom stereocenters. The van der Waals surface area contributed by atoms with Gasteiger partial charge in [0.2, 0.25) is 10.0 Å². The zero-order chi connectivity index (χ0) is 15.3. The van der Waals surface area contributed by atoms with Crippen LogP contribution < -0.4 is 14.8 Å². The lowest BCUT2D eigenvalue weighted by molar-refractivity contribution is 0.192. The van der Waals surface area contributed by atoms with Crippen LogP contribution in [0.25, 0.3) is 0 Å².